The second-order valence-corrected chi connectivity index (χ2v) is 3.79. The van der Waals surface area contributed by atoms with E-state index in [-0.39, 0.29) is 0 Å². The van der Waals surface area contributed by atoms with Crippen LogP contribution in [0.3, 0.4) is 0 Å². The van der Waals surface area contributed by atoms with Gasteiger partial charge in [0.1, 0.15) is 0 Å². The zero-order valence-corrected chi connectivity index (χ0v) is 9.09. The maximum atomic E-state index is 3.88. The monoisotopic (exact) mass is 189 g/mol. The van der Waals surface area contributed by atoms with Gasteiger partial charge < -0.3 is 5.32 Å². The molecule has 0 aliphatic carbocycles. The highest BCUT2D eigenvalue weighted by molar-refractivity contribution is 5.17. The molecule has 1 atom stereocenters. The molecule has 0 saturated carbocycles. The van der Waals surface area contributed by atoms with Crippen LogP contribution in [0.1, 0.15) is 31.9 Å². The van der Waals surface area contributed by atoms with E-state index in [0.717, 1.165) is 13.0 Å². The molecule has 0 fully saturated rings. The second kappa shape index (κ2) is 5.61. The number of rotatable bonds is 5. The minimum Gasteiger partial charge on any atom is -0.310 e. The van der Waals surface area contributed by atoms with Crippen molar-refractivity contribution in [1.82, 2.24) is 5.32 Å². The highest BCUT2D eigenvalue weighted by Gasteiger charge is 2.02. The van der Waals surface area contributed by atoms with Gasteiger partial charge in [-0.3, -0.25) is 0 Å². The topological polar surface area (TPSA) is 12.0 Å². The third-order valence-corrected chi connectivity index (χ3v) is 2.30. The van der Waals surface area contributed by atoms with E-state index >= 15 is 0 Å². The van der Waals surface area contributed by atoms with Crippen molar-refractivity contribution in [2.45, 2.75) is 26.3 Å². The first-order valence-corrected chi connectivity index (χ1v) is 5.13. The lowest BCUT2D eigenvalue weighted by Gasteiger charge is -2.13. The quantitative estimate of drug-likeness (QED) is 0.701. The Morgan fingerprint density at radius 1 is 1.36 bits per heavy atom. The molecule has 0 bridgehead atoms. The van der Waals surface area contributed by atoms with Crippen LogP contribution in [0.4, 0.5) is 0 Å². The molecule has 1 N–H and O–H groups in total. The molecule has 1 nitrogen and oxygen atoms in total. The first-order valence-electron chi connectivity index (χ1n) is 5.13. The van der Waals surface area contributed by atoms with Gasteiger partial charge in [0.15, 0.2) is 0 Å². The predicted octanol–water partition coefficient (Wildman–Crippen LogP) is 3.30. The normalized spacial score (nSPS) is 12.4. The third kappa shape index (κ3) is 3.75. The van der Waals surface area contributed by atoms with Crippen molar-refractivity contribution in [3.8, 4) is 0 Å². The van der Waals surface area contributed by atoms with Crippen molar-refractivity contribution in [2.75, 3.05) is 6.54 Å². The molecule has 0 saturated heterocycles. The fourth-order valence-corrected chi connectivity index (χ4v) is 1.36. The van der Waals surface area contributed by atoms with Crippen molar-refractivity contribution in [3.63, 3.8) is 0 Å². The van der Waals surface area contributed by atoms with Gasteiger partial charge in [0.25, 0.3) is 0 Å². The molecule has 76 valence electrons. The maximum Gasteiger partial charge on any atom is 0.0291 e. The molecule has 0 aromatic heterocycles. The molecule has 0 amide bonds. The van der Waals surface area contributed by atoms with E-state index in [1.165, 1.54) is 11.1 Å². The van der Waals surface area contributed by atoms with Crippen LogP contribution in [0.15, 0.2) is 42.5 Å². The van der Waals surface area contributed by atoms with Crippen molar-refractivity contribution in [1.29, 1.82) is 0 Å². The number of hydrogen-bond acceptors (Lipinski definition) is 1. The first-order chi connectivity index (χ1) is 6.70. The Bertz CT molecular complexity index is 277. The van der Waals surface area contributed by atoms with E-state index in [1.54, 1.807) is 0 Å². The number of hydrogen-bond donors (Lipinski definition) is 1. The van der Waals surface area contributed by atoms with Crippen LogP contribution in [0, 0.1) is 0 Å². The first kappa shape index (κ1) is 11.0. The Morgan fingerprint density at radius 2 is 2.00 bits per heavy atom. The molecule has 1 heteroatoms. The van der Waals surface area contributed by atoms with Gasteiger partial charge in [0, 0.05) is 6.04 Å². The zero-order valence-electron chi connectivity index (χ0n) is 9.09. The van der Waals surface area contributed by atoms with Gasteiger partial charge in [0.2, 0.25) is 0 Å². The van der Waals surface area contributed by atoms with Crippen LogP contribution in [0.2, 0.25) is 0 Å². The average molecular weight is 189 g/mol. The predicted molar refractivity (Wildman–Crippen MR) is 62.3 cm³/mol. The fourth-order valence-electron chi connectivity index (χ4n) is 1.36. The van der Waals surface area contributed by atoms with Crippen LogP contribution in [0.25, 0.3) is 0 Å². The summed E-state index contributed by atoms with van der Waals surface area (Å²) in [5.74, 6) is 0. The molecule has 0 spiro atoms. The smallest absolute Gasteiger partial charge is 0.0291 e. The Balaban J connectivity index is 2.36. The maximum absolute atomic E-state index is 3.88. The summed E-state index contributed by atoms with van der Waals surface area (Å²) in [5.41, 5.74) is 2.58. The Kier molecular flexibility index (Phi) is 4.41. The molecule has 1 rings (SSSR count). The molecular weight excluding hydrogens is 170 g/mol. The minimum atomic E-state index is 0.426. The van der Waals surface area contributed by atoms with Gasteiger partial charge in [-0.1, -0.05) is 35.9 Å². The van der Waals surface area contributed by atoms with Crippen molar-refractivity contribution in [3.05, 3.63) is 48.0 Å². The molecule has 1 aromatic rings. The Labute approximate surface area is 86.8 Å². The number of benzene rings is 1. The lowest BCUT2D eigenvalue weighted by Crippen LogP contribution is -2.19. The Morgan fingerprint density at radius 3 is 2.57 bits per heavy atom. The van der Waals surface area contributed by atoms with Crippen LogP contribution in [-0.2, 0) is 0 Å². The van der Waals surface area contributed by atoms with Crippen LogP contribution in [-0.4, -0.2) is 6.54 Å². The van der Waals surface area contributed by atoms with Crippen LogP contribution >= 0.6 is 0 Å². The van der Waals surface area contributed by atoms with Gasteiger partial charge in [-0.2, -0.15) is 0 Å². The van der Waals surface area contributed by atoms with E-state index < -0.39 is 0 Å². The summed E-state index contributed by atoms with van der Waals surface area (Å²) in [7, 11) is 0. The molecule has 14 heavy (non-hydrogen) atoms. The molecule has 0 radical (unpaired) electrons. The molecular formula is C13H19N. The lowest BCUT2D eigenvalue weighted by molar-refractivity contribution is 0.576. The van der Waals surface area contributed by atoms with Gasteiger partial charge in [-0.25, -0.2) is 0 Å². The summed E-state index contributed by atoms with van der Waals surface area (Å²) in [5, 5.41) is 3.47. The van der Waals surface area contributed by atoms with Crippen LogP contribution in [0.5, 0.6) is 0 Å². The summed E-state index contributed by atoms with van der Waals surface area (Å²) < 4.78 is 0. The molecule has 1 aromatic carbocycles. The minimum absolute atomic E-state index is 0.426. The summed E-state index contributed by atoms with van der Waals surface area (Å²) >= 11 is 0. The standard InChI is InChI=1S/C13H19N/c1-11(2)9-10-14-12(3)13-7-5-4-6-8-13/h4-8,12,14H,1,9-10H2,2-3H3. The van der Waals surface area contributed by atoms with Gasteiger partial charge >= 0.3 is 0 Å². The van der Waals surface area contributed by atoms with Crippen molar-refractivity contribution < 1.29 is 0 Å². The SMILES string of the molecule is C=C(C)CCNC(C)c1ccccc1. The average Bonchev–Trinajstić information content (AvgIpc) is 2.18. The summed E-state index contributed by atoms with van der Waals surface area (Å²) in [6.07, 6.45) is 1.05. The lowest BCUT2D eigenvalue weighted by atomic mass is 10.1. The van der Waals surface area contributed by atoms with E-state index in [0.29, 0.717) is 6.04 Å². The van der Waals surface area contributed by atoms with E-state index in [2.05, 4.69) is 50.0 Å². The molecule has 0 aliphatic heterocycles. The van der Waals surface area contributed by atoms with Gasteiger partial charge in [-0.15, -0.1) is 6.58 Å². The summed E-state index contributed by atoms with van der Waals surface area (Å²) in [6, 6.07) is 10.9. The molecule has 0 heterocycles. The van der Waals surface area contributed by atoms with Gasteiger partial charge in [0.05, 0.1) is 0 Å². The summed E-state index contributed by atoms with van der Waals surface area (Å²) in [4.78, 5) is 0. The van der Waals surface area contributed by atoms with Crippen molar-refractivity contribution >= 4 is 0 Å². The molecule has 1 unspecified atom stereocenters. The highest BCUT2D eigenvalue weighted by atomic mass is 14.9. The van der Waals surface area contributed by atoms with Crippen molar-refractivity contribution in [2.24, 2.45) is 0 Å². The Hall–Kier alpha value is -1.08. The third-order valence-electron chi connectivity index (χ3n) is 2.30. The van der Waals surface area contributed by atoms with E-state index in [1.807, 2.05) is 6.07 Å². The summed E-state index contributed by atoms with van der Waals surface area (Å²) in [6.45, 7) is 9.14. The van der Waals surface area contributed by atoms with E-state index in [9.17, 15) is 0 Å². The second-order valence-electron chi connectivity index (χ2n) is 3.79. The van der Waals surface area contributed by atoms with Gasteiger partial charge in [-0.05, 0) is 32.4 Å². The fraction of sp³-hybridized carbons (Fsp3) is 0.385. The zero-order chi connectivity index (χ0) is 10.4. The largest absolute Gasteiger partial charge is 0.310 e. The highest BCUT2D eigenvalue weighted by Crippen LogP contribution is 2.10. The molecule has 0 aliphatic rings. The van der Waals surface area contributed by atoms with Crippen LogP contribution < -0.4 is 5.32 Å². The van der Waals surface area contributed by atoms with E-state index in [4.69, 9.17) is 0 Å². The number of nitrogens with one attached hydrogen (secondary N) is 1.